The lowest BCUT2D eigenvalue weighted by Gasteiger charge is -2.17. The molecule has 8 heteroatoms. The molecule has 0 radical (unpaired) electrons. The van der Waals surface area contributed by atoms with E-state index in [1.165, 1.54) is 12.1 Å². The highest BCUT2D eigenvalue weighted by molar-refractivity contribution is 5.81. The molecule has 1 aromatic rings. The Bertz CT molecular complexity index is 567. The second-order valence-electron chi connectivity index (χ2n) is 5.32. The van der Waals surface area contributed by atoms with Crippen molar-refractivity contribution in [1.29, 1.82) is 0 Å². The van der Waals surface area contributed by atoms with Gasteiger partial charge in [-0.25, -0.2) is 4.79 Å². The monoisotopic (exact) mass is 320 g/mol. The highest BCUT2D eigenvalue weighted by atomic mass is 16.6. The van der Waals surface area contributed by atoms with E-state index in [1.54, 1.807) is 18.3 Å². The Morgan fingerprint density at radius 2 is 2.30 bits per heavy atom. The first kappa shape index (κ1) is 17.0. The first-order valence-corrected chi connectivity index (χ1v) is 7.42. The van der Waals surface area contributed by atoms with Crippen molar-refractivity contribution < 1.29 is 14.5 Å². The molecule has 0 aliphatic carbocycles. The standard InChI is InChI=1S/C15H20N4O4/c1-16-14(12-6-7-17-8-12)9-18-15(20)23-10-11-2-4-13(5-3-11)19(21)22/h2-5,9,12,14,16-17H,6-8,10H2,1H3/t12-,14?/m0/s1. The molecular weight excluding hydrogens is 300 g/mol. The van der Waals surface area contributed by atoms with Gasteiger partial charge in [0.2, 0.25) is 0 Å². The number of nitrogens with zero attached hydrogens (tertiary/aromatic N) is 2. The summed E-state index contributed by atoms with van der Waals surface area (Å²) in [4.78, 5) is 25.6. The van der Waals surface area contributed by atoms with Crippen molar-refractivity contribution in [1.82, 2.24) is 10.6 Å². The van der Waals surface area contributed by atoms with Gasteiger partial charge in [0.25, 0.3) is 5.69 Å². The Morgan fingerprint density at radius 3 is 2.87 bits per heavy atom. The third-order valence-corrected chi connectivity index (χ3v) is 3.79. The minimum atomic E-state index is -0.672. The summed E-state index contributed by atoms with van der Waals surface area (Å²) in [5.74, 6) is 0.409. The number of carbonyl (C=O) groups excluding carboxylic acids is 1. The lowest BCUT2D eigenvalue weighted by atomic mass is 10.0. The lowest BCUT2D eigenvalue weighted by Crippen LogP contribution is -2.36. The zero-order valence-electron chi connectivity index (χ0n) is 12.9. The van der Waals surface area contributed by atoms with Gasteiger partial charge in [-0.05, 0) is 50.2 Å². The number of nitrogens with one attached hydrogen (secondary N) is 2. The van der Waals surface area contributed by atoms with Crippen LogP contribution in [0.2, 0.25) is 0 Å². The number of hydrogen-bond donors (Lipinski definition) is 2. The van der Waals surface area contributed by atoms with Crippen LogP contribution in [0.1, 0.15) is 12.0 Å². The van der Waals surface area contributed by atoms with E-state index in [-0.39, 0.29) is 18.3 Å². The van der Waals surface area contributed by atoms with Gasteiger partial charge in [-0.2, -0.15) is 4.99 Å². The van der Waals surface area contributed by atoms with E-state index in [9.17, 15) is 14.9 Å². The van der Waals surface area contributed by atoms with Gasteiger partial charge >= 0.3 is 6.09 Å². The maximum absolute atomic E-state index is 11.7. The molecule has 1 heterocycles. The van der Waals surface area contributed by atoms with Gasteiger partial charge in [-0.15, -0.1) is 0 Å². The first-order chi connectivity index (χ1) is 11.1. The second kappa shape index (κ2) is 8.35. The fourth-order valence-electron chi connectivity index (χ4n) is 2.45. The fourth-order valence-corrected chi connectivity index (χ4v) is 2.45. The SMILES string of the molecule is CNC(C=NC(=O)OCc1ccc([N+](=O)[O-])cc1)[C@H]1CCNC1. The van der Waals surface area contributed by atoms with Crippen molar-refractivity contribution in [3.8, 4) is 0 Å². The van der Waals surface area contributed by atoms with Gasteiger partial charge in [-0.3, -0.25) is 10.1 Å². The number of amides is 1. The van der Waals surface area contributed by atoms with Crippen molar-refractivity contribution in [3.63, 3.8) is 0 Å². The molecule has 124 valence electrons. The molecule has 1 amide bonds. The number of hydrogen-bond acceptors (Lipinski definition) is 6. The van der Waals surface area contributed by atoms with E-state index >= 15 is 0 Å². The Balaban J connectivity index is 1.81. The van der Waals surface area contributed by atoms with Crippen LogP contribution in [-0.4, -0.2) is 43.4 Å². The first-order valence-electron chi connectivity index (χ1n) is 7.42. The molecule has 0 saturated carbocycles. The average Bonchev–Trinajstić information content (AvgIpc) is 3.08. The number of nitro groups is 1. The molecule has 2 N–H and O–H groups in total. The van der Waals surface area contributed by atoms with Crippen LogP contribution in [0.25, 0.3) is 0 Å². The van der Waals surface area contributed by atoms with Gasteiger partial charge in [0.15, 0.2) is 0 Å². The summed E-state index contributed by atoms with van der Waals surface area (Å²) >= 11 is 0. The van der Waals surface area contributed by atoms with Gasteiger partial charge in [0, 0.05) is 24.4 Å². The molecule has 23 heavy (non-hydrogen) atoms. The number of non-ortho nitro benzene ring substituents is 1. The Hall–Kier alpha value is -2.32. The molecule has 0 bridgehead atoms. The van der Waals surface area contributed by atoms with Crippen molar-refractivity contribution >= 4 is 18.0 Å². The Kier molecular flexibility index (Phi) is 6.19. The van der Waals surface area contributed by atoms with Crippen molar-refractivity contribution in [2.75, 3.05) is 20.1 Å². The van der Waals surface area contributed by atoms with Crippen LogP contribution in [0.15, 0.2) is 29.3 Å². The topological polar surface area (TPSA) is 106 Å². The summed E-state index contributed by atoms with van der Waals surface area (Å²) in [7, 11) is 1.83. The van der Waals surface area contributed by atoms with Crippen LogP contribution in [0.5, 0.6) is 0 Å². The van der Waals surface area contributed by atoms with Gasteiger partial charge in [-0.1, -0.05) is 0 Å². The minimum absolute atomic E-state index is 0.000123. The maximum atomic E-state index is 11.7. The summed E-state index contributed by atoms with van der Waals surface area (Å²) < 4.78 is 5.04. The van der Waals surface area contributed by atoms with Crippen LogP contribution in [0.3, 0.4) is 0 Å². The molecule has 0 spiro atoms. The summed E-state index contributed by atoms with van der Waals surface area (Å²) in [5, 5.41) is 17.0. The maximum Gasteiger partial charge on any atom is 0.433 e. The quantitative estimate of drug-likeness (QED) is 0.467. The molecule has 2 atom stereocenters. The van der Waals surface area contributed by atoms with Crippen molar-refractivity contribution in [3.05, 3.63) is 39.9 Å². The third kappa shape index (κ3) is 5.11. The van der Waals surface area contributed by atoms with Crippen LogP contribution in [-0.2, 0) is 11.3 Å². The molecule has 0 aromatic heterocycles. The number of carbonyl (C=O) groups is 1. The van der Waals surface area contributed by atoms with Crippen molar-refractivity contribution in [2.45, 2.75) is 19.1 Å². The Labute approximate surface area is 134 Å². The molecule has 1 unspecified atom stereocenters. The molecule has 1 aromatic carbocycles. The molecule has 2 rings (SSSR count). The number of ether oxygens (including phenoxy) is 1. The van der Waals surface area contributed by atoms with E-state index < -0.39 is 11.0 Å². The number of rotatable bonds is 6. The van der Waals surface area contributed by atoms with Gasteiger partial charge in [0.05, 0.1) is 4.92 Å². The molecule has 1 saturated heterocycles. The highest BCUT2D eigenvalue weighted by Gasteiger charge is 2.22. The van der Waals surface area contributed by atoms with Gasteiger partial charge < -0.3 is 15.4 Å². The smallest absolute Gasteiger partial charge is 0.433 e. The Morgan fingerprint density at radius 1 is 1.57 bits per heavy atom. The molecule has 1 fully saturated rings. The third-order valence-electron chi connectivity index (χ3n) is 3.79. The lowest BCUT2D eigenvalue weighted by molar-refractivity contribution is -0.384. The van der Waals surface area contributed by atoms with Crippen LogP contribution < -0.4 is 10.6 Å². The minimum Gasteiger partial charge on any atom is -0.443 e. The summed E-state index contributed by atoms with van der Waals surface area (Å²) in [5.41, 5.74) is 0.671. The van der Waals surface area contributed by atoms with E-state index in [0.717, 1.165) is 19.5 Å². The zero-order valence-corrected chi connectivity index (χ0v) is 12.9. The van der Waals surface area contributed by atoms with E-state index in [1.807, 2.05) is 7.05 Å². The summed E-state index contributed by atoms with van der Waals surface area (Å²) in [6.45, 7) is 1.90. The van der Waals surface area contributed by atoms with E-state index in [4.69, 9.17) is 4.74 Å². The largest absolute Gasteiger partial charge is 0.443 e. The molecular formula is C15H20N4O4. The van der Waals surface area contributed by atoms with Crippen LogP contribution >= 0.6 is 0 Å². The average molecular weight is 320 g/mol. The van der Waals surface area contributed by atoms with E-state index in [2.05, 4.69) is 15.6 Å². The van der Waals surface area contributed by atoms with Crippen molar-refractivity contribution in [2.24, 2.45) is 10.9 Å². The zero-order chi connectivity index (χ0) is 16.7. The number of benzene rings is 1. The molecule has 8 nitrogen and oxygen atoms in total. The molecule has 1 aliphatic heterocycles. The normalized spacial score (nSPS) is 18.9. The number of nitro benzene ring substituents is 1. The van der Waals surface area contributed by atoms with E-state index in [0.29, 0.717) is 11.5 Å². The van der Waals surface area contributed by atoms with Crippen LogP contribution in [0.4, 0.5) is 10.5 Å². The van der Waals surface area contributed by atoms with Crippen LogP contribution in [0, 0.1) is 16.0 Å². The molecule has 1 aliphatic rings. The second-order valence-corrected chi connectivity index (χ2v) is 5.32. The predicted molar refractivity (Wildman–Crippen MR) is 85.6 cm³/mol. The number of aliphatic imine (C=N–C) groups is 1. The summed E-state index contributed by atoms with van der Waals surface area (Å²) in [6.07, 6.45) is 1.94. The van der Waals surface area contributed by atoms with Gasteiger partial charge in [0.1, 0.15) is 6.61 Å². The summed E-state index contributed by atoms with van der Waals surface area (Å²) in [6, 6.07) is 5.87. The fraction of sp³-hybridized carbons (Fsp3) is 0.467. The highest BCUT2D eigenvalue weighted by Crippen LogP contribution is 2.13. The predicted octanol–water partition coefficient (Wildman–Crippen LogP) is 1.50.